The number of anilines is 1. The Kier molecular flexibility index (Phi) is 25.9. The number of rotatable bonds is 31. The number of carbonyl (C=O) groups excluding carboxylic acids is 5. The highest BCUT2D eigenvalue weighted by molar-refractivity contribution is 7.09. The molecule has 5 amide bonds. The number of hydrogen-bond acceptors (Lipinski definition) is 15. The molecule has 5 atom stereocenters. The average molecular weight is 1010 g/mol. The van der Waals surface area contributed by atoms with Gasteiger partial charge in [0.15, 0.2) is 0 Å². The van der Waals surface area contributed by atoms with Crippen molar-refractivity contribution >= 4 is 46.9 Å². The lowest BCUT2D eigenvalue weighted by Gasteiger charge is -2.37. The van der Waals surface area contributed by atoms with Crippen LogP contribution < -0.4 is 26.8 Å². The molecule has 0 aliphatic heterocycles. The topological polar surface area (TPSA) is 237 Å². The molecule has 1 unspecified atom stereocenters. The van der Waals surface area contributed by atoms with Crippen LogP contribution in [0.3, 0.4) is 0 Å². The second kappa shape index (κ2) is 31.7. The van der Waals surface area contributed by atoms with Crippen molar-refractivity contribution in [2.75, 3.05) is 78.3 Å². The third-order valence-corrected chi connectivity index (χ3v) is 12.9. The normalized spacial score (nSPS) is 15.4. The summed E-state index contributed by atoms with van der Waals surface area (Å²) >= 11 is 1.35. The lowest BCUT2D eigenvalue weighted by Crippen LogP contribution is -2.48. The zero-order valence-corrected chi connectivity index (χ0v) is 43.4. The molecule has 1 aliphatic carbocycles. The summed E-state index contributed by atoms with van der Waals surface area (Å²) in [5.74, 6) is -1.21. The summed E-state index contributed by atoms with van der Waals surface area (Å²) < 4.78 is 33.1. The van der Waals surface area contributed by atoms with Crippen LogP contribution >= 0.6 is 11.3 Å². The predicted molar refractivity (Wildman–Crippen MR) is 270 cm³/mol. The van der Waals surface area contributed by atoms with Crippen LogP contribution in [0.5, 0.6) is 5.75 Å². The molecule has 0 fully saturated rings. The number of nitrogens with one attached hydrogen (secondary N) is 5. The highest BCUT2D eigenvalue weighted by Gasteiger charge is 2.35. The summed E-state index contributed by atoms with van der Waals surface area (Å²) in [6.45, 7) is 15.6. The number of ether oxygens (including phenoxy) is 6. The largest absolute Gasteiger partial charge is 0.508 e. The molecule has 1 aliphatic rings. The maximum absolute atomic E-state index is 13.8. The van der Waals surface area contributed by atoms with E-state index in [4.69, 9.17) is 33.4 Å². The van der Waals surface area contributed by atoms with Crippen LogP contribution in [0.1, 0.15) is 124 Å². The maximum Gasteiger partial charge on any atom is 0.426 e. The Hall–Kier alpha value is -5.54. The first-order valence-electron chi connectivity index (χ1n) is 24.9. The lowest BCUT2D eigenvalue weighted by atomic mass is 9.79. The van der Waals surface area contributed by atoms with Gasteiger partial charge in [-0.2, -0.15) is 0 Å². The van der Waals surface area contributed by atoms with Crippen LogP contribution in [0.15, 0.2) is 47.8 Å². The molecule has 2 aromatic carbocycles. The molecule has 71 heavy (non-hydrogen) atoms. The van der Waals surface area contributed by atoms with Crippen LogP contribution in [0.4, 0.5) is 15.3 Å². The lowest BCUT2D eigenvalue weighted by molar-refractivity contribution is -0.136. The summed E-state index contributed by atoms with van der Waals surface area (Å²) in [6, 6.07) is 11.8. The summed E-state index contributed by atoms with van der Waals surface area (Å²) in [7, 11) is 1.83. The molecule has 0 spiro atoms. The third-order valence-electron chi connectivity index (χ3n) is 11.9. The van der Waals surface area contributed by atoms with E-state index < -0.39 is 42.1 Å². The Morgan fingerprint density at radius 1 is 0.845 bits per heavy atom. The van der Waals surface area contributed by atoms with Crippen LogP contribution in [0, 0.1) is 11.8 Å². The van der Waals surface area contributed by atoms with Crippen molar-refractivity contribution in [2.45, 2.75) is 117 Å². The fourth-order valence-electron chi connectivity index (χ4n) is 7.93. The summed E-state index contributed by atoms with van der Waals surface area (Å²) in [4.78, 5) is 72.1. The average Bonchev–Trinajstić information content (AvgIpc) is 3.86. The van der Waals surface area contributed by atoms with Crippen LogP contribution in [-0.2, 0) is 51.0 Å². The Morgan fingerprint density at radius 3 is 2.21 bits per heavy atom. The maximum atomic E-state index is 13.8. The Balaban J connectivity index is 1.17. The minimum atomic E-state index is -0.898. The first-order valence-corrected chi connectivity index (χ1v) is 25.8. The van der Waals surface area contributed by atoms with E-state index in [1.165, 1.54) is 23.5 Å². The van der Waals surface area contributed by atoms with E-state index in [0.717, 1.165) is 36.1 Å². The molecule has 0 saturated heterocycles. The Morgan fingerprint density at radius 2 is 1.55 bits per heavy atom. The van der Waals surface area contributed by atoms with Crippen molar-refractivity contribution in [2.24, 2.45) is 11.8 Å². The zero-order chi connectivity index (χ0) is 51.5. The fourth-order valence-corrected chi connectivity index (χ4v) is 8.79. The molecule has 0 radical (unpaired) electrons. The molecule has 3 aromatic rings. The van der Waals surface area contributed by atoms with Gasteiger partial charge in [0.2, 0.25) is 11.8 Å². The van der Waals surface area contributed by atoms with Gasteiger partial charge in [-0.15, -0.1) is 11.3 Å². The molecule has 1 heterocycles. The van der Waals surface area contributed by atoms with Gasteiger partial charge in [-0.25, -0.2) is 20.0 Å². The number of amides is 5. The van der Waals surface area contributed by atoms with Crippen LogP contribution in [0.2, 0.25) is 0 Å². The number of benzene rings is 2. The summed E-state index contributed by atoms with van der Waals surface area (Å²) in [6.07, 6.45) is 2.33. The van der Waals surface area contributed by atoms with E-state index >= 15 is 0 Å². The number of fused-ring (bicyclic) bond motifs is 1. The van der Waals surface area contributed by atoms with E-state index in [1.54, 1.807) is 11.4 Å². The molecule has 20 heteroatoms. The number of carbonyl (C=O) groups is 5. The van der Waals surface area contributed by atoms with Crippen molar-refractivity contribution in [1.29, 1.82) is 0 Å². The number of aromatic hydroxyl groups is 1. The molecule has 0 bridgehead atoms. The first-order chi connectivity index (χ1) is 34.3. The second-order valence-electron chi connectivity index (χ2n) is 17.9. The van der Waals surface area contributed by atoms with Gasteiger partial charge in [-0.05, 0) is 78.5 Å². The van der Waals surface area contributed by atoms with Crippen LogP contribution in [0.25, 0.3) is 0 Å². The number of alkyl carbamates (subject to hydrolysis) is 1. The Bertz CT molecular complexity index is 2090. The monoisotopic (exact) mass is 1010 g/mol. The molecule has 6 N–H and O–H groups in total. The fraction of sp³-hybridized carbons (Fsp3) is 0.608. The van der Waals surface area contributed by atoms with Crippen molar-refractivity contribution in [3.63, 3.8) is 0 Å². The highest BCUT2D eigenvalue weighted by Crippen LogP contribution is 2.35. The molecule has 1 aromatic heterocycles. The van der Waals surface area contributed by atoms with Crippen molar-refractivity contribution in [1.82, 2.24) is 31.4 Å². The minimum Gasteiger partial charge on any atom is -0.508 e. The van der Waals surface area contributed by atoms with Gasteiger partial charge in [0.05, 0.1) is 45.6 Å². The molecule has 0 saturated carbocycles. The standard InChI is InChI=1S/C51H77N7O12S/c1-8-18-58(46(60)27-35(6)10-3)44(34(4)5)31-45(68-19-9-2)49-55-43(33-71-49)48(62)54-39-28-37-13-16-40(59)30-41(37)42(29-39)47(61)56-57-51(64)69-26-25-67-24-23-66-22-21-65-20-17-53-50(63)70-32-36-11-14-38(52-7)15-12-36/h11-16,30,33-35,39,42,44-45,52,59H,8-10,17-29,31-32H2,1-7H3,(H,53,63)(H,54,62)(H,56,61)(H,57,64)/t35-,39-,42+,44?,45+/m0/s1. The van der Waals surface area contributed by atoms with Gasteiger partial charge in [-0.3, -0.25) is 19.8 Å². The van der Waals surface area contributed by atoms with Gasteiger partial charge in [0.1, 0.15) is 35.8 Å². The van der Waals surface area contributed by atoms with Gasteiger partial charge in [0.25, 0.3) is 5.91 Å². The van der Waals surface area contributed by atoms with Gasteiger partial charge in [-0.1, -0.05) is 66.2 Å². The first kappa shape index (κ1) is 58.0. The second-order valence-corrected chi connectivity index (χ2v) is 18.8. The van der Waals surface area contributed by atoms with Crippen molar-refractivity contribution < 1.29 is 57.5 Å². The number of nitrogens with zero attached hydrogens (tertiary/aromatic N) is 2. The SMILES string of the molecule is CCCO[C@H](CC(C(C)C)N(CCC)C(=O)C[C@@H](C)CC)c1nc(C(=O)N[C@H]2Cc3ccc(O)cc3[C@H](C(=O)NNC(=O)OCCOCCOCCOCCNC(=O)OCc3ccc(NC)cc3)C2)cs1. The van der Waals surface area contributed by atoms with E-state index in [0.29, 0.717) is 56.2 Å². The smallest absolute Gasteiger partial charge is 0.426 e. The predicted octanol–water partition coefficient (Wildman–Crippen LogP) is 7.01. The number of phenolic OH excluding ortho intramolecular Hbond substituents is 1. The number of aromatic nitrogens is 1. The number of hydrazine groups is 1. The van der Waals surface area contributed by atoms with Crippen LogP contribution in [-0.4, -0.2) is 130 Å². The van der Waals surface area contributed by atoms with Gasteiger partial charge in [0, 0.05) is 62.7 Å². The molecule has 394 valence electrons. The van der Waals surface area contributed by atoms with E-state index in [2.05, 4.69) is 61.4 Å². The van der Waals surface area contributed by atoms with E-state index in [9.17, 15) is 29.1 Å². The zero-order valence-electron chi connectivity index (χ0n) is 42.6. The van der Waals surface area contributed by atoms with Gasteiger partial charge >= 0.3 is 12.2 Å². The molecular weight excluding hydrogens is 935 g/mol. The molecule has 19 nitrogen and oxygen atoms in total. The van der Waals surface area contributed by atoms with Crippen molar-refractivity contribution in [3.05, 3.63) is 75.2 Å². The van der Waals surface area contributed by atoms with Gasteiger partial charge < -0.3 is 54.4 Å². The summed E-state index contributed by atoms with van der Waals surface area (Å²) in [5.41, 5.74) is 8.10. The highest BCUT2D eigenvalue weighted by atomic mass is 32.1. The molecular formula is C51H77N7O12S. The Labute approximate surface area is 422 Å². The summed E-state index contributed by atoms with van der Waals surface area (Å²) in [5, 5.41) is 21.4. The quantitative estimate of drug-likeness (QED) is 0.0281. The van der Waals surface area contributed by atoms with E-state index in [-0.39, 0.29) is 87.8 Å². The number of thiazole rings is 1. The minimum absolute atomic E-state index is 0.0187. The number of phenols is 1. The number of hydrogen-bond donors (Lipinski definition) is 6. The van der Waals surface area contributed by atoms with Crippen molar-refractivity contribution in [3.8, 4) is 5.75 Å². The third kappa shape index (κ3) is 20.2. The molecule has 4 rings (SSSR count). The van der Waals surface area contributed by atoms with E-state index in [1.807, 2.05) is 43.1 Å².